The average molecular weight is 458 g/mol. The van der Waals surface area contributed by atoms with E-state index in [1.807, 2.05) is 30.3 Å². The highest BCUT2D eigenvalue weighted by Crippen LogP contribution is 2.29. The molecule has 172 valence electrons. The maximum Gasteiger partial charge on any atom is 0.247 e. The van der Waals surface area contributed by atoms with Gasteiger partial charge in [-0.3, -0.25) is 9.59 Å². The summed E-state index contributed by atoms with van der Waals surface area (Å²) in [5.41, 5.74) is -0.467. The van der Waals surface area contributed by atoms with E-state index >= 15 is 0 Å². The van der Waals surface area contributed by atoms with Crippen LogP contribution in [0.25, 0.3) is 0 Å². The molecule has 8 heteroatoms. The fraction of sp³-hybridized carbons (Fsp3) is 0.417. The molecular weight excluding hydrogens is 426 g/mol. The lowest BCUT2D eigenvalue weighted by atomic mass is 9.94. The van der Waals surface area contributed by atoms with E-state index in [2.05, 4.69) is 19.2 Å². The Labute approximate surface area is 190 Å². The summed E-state index contributed by atoms with van der Waals surface area (Å²) in [7, 11) is -3.92. The molecule has 1 fully saturated rings. The highest BCUT2D eigenvalue weighted by Gasteiger charge is 2.50. The molecular formula is C24H31N3O4S. The van der Waals surface area contributed by atoms with Crippen LogP contribution in [0, 0.1) is 5.92 Å². The minimum Gasteiger partial charge on any atom is -0.354 e. The lowest BCUT2D eigenvalue weighted by Crippen LogP contribution is -2.69. The number of amides is 2. The van der Waals surface area contributed by atoms with Crippen LogP contribution in [0.3, 0.4) is 0 Å². The van der Waals surface area contributed by atoms with Crippen LogP contribution in [-0.4, -0.2) is 54.6 Å². The van der Waals surface area contributed by atoms with Crippen molar-refractivity contribution in [1.82, 2.24) is 14.5 Å². The van der Waals surface area contributed by atoms with Crippen molar-refractivity contribution in [3.05, 3.63) is 66.2 Å². The average Bonchev–Trinajstić information content (AvgIpc) is 2.77. The highest BCUT2D eigenvalue weighted by atomic mass is 32.2. The number of sulfonamides is 1. The van der Waals surface area contributed by atoms with Gasteiger partial charge in [0.05, 0.1) is 11.4 Å². The molecule has 1 saturated heterocycles. The maximum absolute atomic E-state index is 13.3. The Kier molecular flexibility index (Phi) is 7.36. The number of benzene rings is 2. The van der Waals surface area contributed by atoms with Crippen molar-refractivity contribution < 1.29 is 18.0 Å². The van der Waals surface area contributed by atoms with Gasteiger partial charge in [-0.05, 0) is 37.0 Å². The van der Waals surface area contributed by atoms with Gasteiger partial charge in [-0.25, -0.2) is 8.42 Å². The van der Waals surface area contributed by atoms with Crippen molar-refractivity contribution in [3.63, 3.8) is 0 Å². The summed E-state index contributed by atoms with van der Waals surface area (Å²) in [6.45, 7) is 6.04. The Hall–Kier alpha value is -2.71. The van der Waals surface area contributed by atoms with Gasteiger partial charge in [-0.1, -0.05) is 62.4 Å². The predicted octanol–water partition coefficient (Wildman–Crippen LogP) is 2.64. The number of carbonyl (C=O) groups excluding carboxylic acids is 2. The second-order valence-corrected chi connectivity index (χ2v) is 10.7. The maximum atomic E-state index is 13.3. The van der Waals surface area contributed by atoms with Crippen LogP contribution in [0.1, 0.15) is 32.8 Å². The third kappa shape index (κ3) is 5.19. The first-order chi connectivity index (χ1) is 15.1. The predicted molar refractivity (Wildman–Crippen MR) is 123 cm³/mol. The van der Waals surface area contributed by atoms with Gasteiger partial charge in [-0.15, -0.1) is 0 Å². The van der Waals surface area contributed by atoms with E-state index in [1.165, 1.54) is 17.0 Å². The largest absolute Gasteiger partial charge is 0.354 e. The first-order valence-electron chi connectivity index (χ1n) is 10.8. The molecule has 0 saturated carbocycles. The van der Waals surface area contributed by atoms with E-state index in [0.29, 0.717) is 12.5 Å². The quantitative estimate of drug-likeness (QED) is 0.660. The summed E-state index contributed by atoms with van der Waals surface area (Å²) in [6.07, 6.45) is 0.792. The van der Waals surface area contributed by atoms with E-state index in [1.54, 1.807) is 25.1 Å². The van der Waals surface area contributed by atoms with E-state index < -0.39 is 21.5 Å². The van der Waals surface area contributed by atoms with Gasteiger partial charge in [-0.2, -0.15) is 4.31 Å². The lowest BCUT2D eigenvalue weighted by Gasteiger charge is -2.46. The van der Waals surface area contributed by atoms with Crippen molar-refractivity contribution in [1.29, 1.82) is 0 Å². The smallest absolute Gasteiger partial charge is 0.247 e. The summed E-state index contributed by atoms with van der Waals surface area (Å²) in [5, 5.41) is 2.92. The van der Waals surface area contributed by atoms with Gasteiger partial charge in [0.1, 0.15) is 5.54 Å². The second-order valence-electron chi connectivity index (χ2n) is 8.76. The third-order valence-corrected chi connectivity index (χ3v) is 7.56. The number of hydrogen-bond donors (Lipinski definition) is 1. The van der Waals surface area contributed by atoms with Gasteiger partial charge < -0.3 is 10.2 Å². The number of nitrogens with zero attached hydrogens (tertiary/aromatic N) is 2. The molecule has 2 amide bonds. The summed E-state index contributed by atoms with van der Waals surface area (Å²) >= 11 is 0. The molecule has 0 aliphatic carbocycles. The van der Waals surface area contributed by atoms with Gasteiger partial charge in [0.2, 0.25) is 21.8 Å². The van der Waals surface area contributed by atoms with E-state index in [-0.39, 0.29) is 30.4 Å². The summed E-state index contributed by atoms with van der Waals surface area (Å²) < 4.78 is 27.6. The fourth-order valence-electron chi connectivity index (χ4n) is 3.80. The Balaban J connectivity index is 1.93. The molecule has 1 heterocycles. The van der Waals surface area contributed by atoms with Crippen molar-refractivity contribution in [2.75, 3.05) is 19.6 Å². The SMILES string of the molecule is CC(C)CCNC(=O)[C@@]1(C)CN(S(=O)(=O)c2ccccc2)CC(=O)N1Cc1ccccc1. The van der Waals surface area contributed by atoms with Crippen LogP contribution in [0.4, 0.5) is 0 Å². The van der Waals surface area contributed by atoms with Gasteiger partial charge in [0.15, 0.2) is 0 Å². The zero-order valence-electron chi connectivity index (χ0n) is 18.8. The molecule has 0 unspecified atom stereocenters. The summed E-state index contributed by atoms with van der Waals surface area (Å²) in [6, 6.07) is 17.4. The molecule has 2 aromatic rings. The number of carbonyl (C=O) groups is 2. The number of nitrogens with one attached hydrogen (secondary N) is 1. The Morgan fingerprint density at radius 1 is 1.06 bits per heavy atom. The van der Waals surface area contributed by atoms with Crippen LogP contribution >= 0.6 is 0 Å². The van der Waals surface area contributed by atoms with Crippen LogP contribution in [-0.2, 0) is 26.2 Å². The van der Waals surface area contributed by atoms with E-state index in [9.17, 15) is 18.0 Å². The number of rotatable bonds is 8. The van der Waals surface area contributed by atoms with Crippen molar-refractivity contribution in [2.24, 2.45) is 5.92 Å². The molecule has 7 nitrogen and oxygen atoms in total. The minimum absolute atomic E-state index is 0.104. The molecule has 2 aromatic carbocycles. The van der Waals surface area contributed by atoms with Gasteiger partial charge in [0, 0.05) is 19.6 Å². The number of hydrogen-bond acceptors (Lipinski definition) is 4. The molecule has 1 N–H and O–H groups in total. The van der Waals surface area contributed by atoms with Gasteiger partial charge in [0.25, 0.3) is 0 Å². The Morgan fingerprint density at radius 2 is 1.66 bits per heavy atom. The molecule has 0 spiro atoms. The molecule has 0 bridgehead atoms. The normalized spacial score (nSPS) is 19.9. The van der Waals surface area contributed by atoms with Crippen molar-refractivity contribution >= 4 is 21.8 Å². The number of piperazine rings is 1. The standard InChI is InChI=1S/C24H31N3O4S/c1-19(2)14-15-25-23(29)24(3)18-26(32(30,31)21-12-8-5-9-13-21)17-22(28)27(24)16-20-10-6-4-7-11-20/h4-13,19H,14-18H2,1-3H3,(H,25,29)/t24-/m1/s1. The van der Waals surface area contributed by atoms with Crippen LogP contribution in [0.2, 0.25) is 0 Å². The van der Waals surface area contributed by atoms with E-state index in [0.717, 1.165) is 16.3 Å². The van der Waals surface area contributed by atoms with Crippen LogP contribution in [0.5, 0.6) is 0 Å². The molecule has 1 aliphatic heterocycles. The second kappa shape index (κ2) is 9.83. The first-order valence-corrected chi connectivity index (χ1v) is 12.3. The van der Waals surface area contributed by atoms with Crippen molar-refractivity contribution in [2.45, 2.75) is 44.2 Å². The Bertz CT molecular complexity index is 1040. The molecule has 1 aliphatic rings. The van der Waals surface area contributed by atoms with Crippen molar-refractivity contribution in [3.8, 4) is 0 Å². The van der Waals surface area contributed by atoms with E-state index in [4.69, 9.17) is 0 Å². The molecule has 1 atom stereocenters. The van der Waals surface area contributed by atoms with Gasteiger partial charge >= 0.3 is 0 Å². The summed E-state index contributed by atoms with van der Waals surface area (Å²) in [5.74, 6) is -0.344. The molecule has 0 radical (unpaired) electrons. The zero-order valence-corrected chi connectivity index (χ0v) is 19.6. The summed E-state index contributed by atoms with van der Waals surface area (Å²) in [4.78, 5) is 28.2. The third-order valence-electron chi connectivity index (χ3n) is 5.75. The topological polar surface area (TPSA) is 86.8 Å². The first kappa shape index (κ1) is 23.9. The molecule has 32 heavy (non-hydrogen) atoms. The lowest BCUT2D eigenvalue weighted by molar-refractivity contribution is -0.153. The minimum atomic E-state index is -3.92. The Morgan fingerprint density at radius 3 is 2.25 bits per heavy atom. The molecule has 3 rings (SSSR count). The zero-order chi connectivity index (χ0) is 23.4. The van der Waals surface area contributed by atoms with Crippen LogP contribution in [0.15, 0.2) is 65.6 Å². The fourth-order valence-corrected chi connectivity index (χ4v) is 5.30. The highest BCUT2D eigenvalue weighted by molar-refractivity contribution is 7.89. The monoisotopic (exact) mass is 457 g/mol. The molecule has 0 aromatic heterocycles. The van der Waals surface area contributed by atoms with Crippen LogP contribution < -0.4 is 5.32 Å².